The van der Waals surface area contributed by atoms with Crippen molar-refractivity contribution in [1.29, 1.82) is 0 Å². The third kappa shape index (κ3) is 4.86. The molecule has 1 aromatic rings. The van der Waals surface area contributed by atoms with Crippen molar-refractivity contribution in [3.05, 3.63) is 11.7 Å². The van der Waals surface area contributed by atoms with E-state index in [2.05, 4.69) is 10.1 Å². The van der Waals surface area contributed by atoms with Gasteiger partial charge in [0.25, 0.3) is 0 Å². The molecule has 0 atom stereocenters. The number of aryl methyl sites for hydroxylation is 1. The minimum atomic E-state index is -4.40. The van der Waals surface area contributed by atoms with Crippen LogP contribution in [0.4, 0.5) is 18.0 Å². The lowest BCUT2D eigenvalue weighted by Gasteiger charge is -2.34. The summed E-state index contributed by atoms with van der Waals surface area (Å²) in [5.74, 6) is 1.15. The number of urea groups is 1. The fourth-order valence-electron chi connectivity index (χ4n) is 2.09. The number of hydrogen-bond donors (Lipinski definition) is 1. The summed E-state index contributed by atoms with van der Waals surface area (Å²) in [6, 6.07) is -0.690. The van der Waals surface area contributed by atoms with E-state index in [0.29, 0.717) is 50.9 Å². The van der Waals surface area contributed by atoms with Gasteiger partial charge in [-0.15, -0.1) is 0 Å². The van der Waals surface area contributed by atoms with Crippen LogP contribution in [0.3, 0.4) is 0 Å². The van der Waals surface area contributed by atoms with Gasteiger partial charge < -0.3 is 14.7 Å². The largest absolute Gasteiger partial charge is 0.405 e. The molecule has 0 radical (unpaired) electrons. The van der Waals surface area contributed by atoms with Crippen LogP contribution in [-0.4, -0.2) is 64.9 Å². The number of carbonyl (C=O) groups excluding carboxylic acids is 1. The second-order valence-corrected chi connectivity index (χ2v) is 4.99. The normalized spacial score (nSPS) is 16.8. The Balaban J connectivity index is 1.74. The van der Waals surface area contributed by atoms with Crippen LogP contribution in [0.1, 0.15) is 18.6 Å². The van der Waals surface area contributed by atoms with Crippen molar-refractivity contribution >= 4 is 6.03 Å². The molecule has 10 heteroatoms. The standard InChI is InChI=1S/C12H18F3N5O2/c1-2-10-17-9(18-22-10)7-19-3-5-20(6-4-19)11(21)16-8-12(13,14)15/h2-8H2,1H3,(H,16,21). The summed E-state index contributed by atoms with van der Waals surface area (Å²) in [4.78, 5) is 19.2. The third-order valence-electron chi connectivity index (χ3n) is 3.28. The summed E-state index contributed by atoms with van der Waals surface area (Å²) in [5.41, 5.74) is 0. The first-order valence-electron chi connectivity index (χ1n) is 7.00. The zero-order valence-electron chi connectivity index (χ0n) is 12.2. The number of hydrogen-bond acceptors (Lipinski definition) is 5. The Labute approximate surface area is 125 Å². The van der Waals surface area contributed by atoms with Crippen LogP contribution in [0.15, 0.2) is 4.52 Å². The average molecular weight is 321 g/mol. The Kier molecular flexibility index (Phi) is 5.22. The maximum atomic E-state index is 12.1. The van der Waals surface area contributed by atoms with Crippen molar-refractivity contribution in [2.45, 2.75) is 26.1 Å². The van der Waals surface area contributed by atoms with Crippen molar-refractivity contribution in [2.75, 3.05) is 32.7 Å². The number of alkyl halides is 3. The van der Waals surface area contributed by atoms with Crippen LogP contribution in [-0.2, 0) is 13.0 Å². The van der Waals surface area contributed by atoms with Gasteiger partial charge >= 0.3 is 12.2 Å². The number of piperazine rings is 1. The Hall–Kier alpha value is -1.84. The molecule has 2 rings (SSSR count). The van der Waals surface area contributed by atoms with Gasteiger partial charge in [0.05, 0.1) is 6.54 Å². The highest BCUT2D eigenvalue weighted by molar-refractivity contribution is 5.74. The molecule has 0 bridgehead atoms. The molecule has 1 N–H and O–H groups in total. The van der Waals surface area contributed by atoms with E-state index in [-0.39, 0.29) is 0 Å². The van der Waals surface area contributed by atoms with Crippen LogP contribution in [0.25, 0.3) is 0 Å². The van der Waals surface area contributed by atoms with E-state index in [1.165, 1.54) is 4.90 Å². The van der Waals surface area contributed by atoms with Gasteiger partial charge in [0.1, 0.15) is 6.54 Å². The zero-order chi connectivity index (χ0) is 16.2. The molecule has 0 saturated carbocycles. The second kappa shape index (κ2) is 6.95. The number of carbonyl (C=O) groups is 1. The molecule has 1 aliphatic rings. The second-order valence-electron chi connectivity index (χ2n) is 4.99. The molecule has 22 heavy (non-hydrogen) atoms. The summed E-state index contributed by atoms with van der Waals surface area (Å²) >= 11 is 0. The van der Waals surface area contributed by atoms with Crippen LogP contribution in [0.5, 0.6) is 0 Å². The molecule has 1 aliphatic heterocycles. The van der Waals surface area contributed by atoms with Gasteiger partial charge in [-0.1, -0.05) is 12.1 Å². The Morgan fingerprint density at radius 2 is 2.00 bits per heavy atom. The minimum absolute atomic E-state index is 0.363. The predicted molar refractivity (Wildman–Crippen MR) is 70.0 cm³/mol. The van der Waals surface area contributed by atoms with E-state index in [4.69, 9.17) is 4.52 Å². The molecule has 1 fully saturated rings. The van der Waals surface area contributed by atoms with E-state index in [9.17, 15) is 18.0 Å². The molecule has 0 spiro atoms. The summed E-state index contributed by atoms with van der Waals surface area (Å²) < 4.78 is 41.2. The lowest BCUT2D eigenvalue weighted by Crippen LogP contribution is -2.52. The van der Waals surface area contributed by atoms with E-state index in [1.54, 1.807) is 0 Å². The number of nitrogens with zero attached hydrogens (tertiary/aromatic N) is 4. The van der Waals surface area contributed by atoms with Crippen molar-refractivity contribution in [2.24, 2.45) is 0 Å². The number of nitrogens with one attached hydrogen (secondary N) is 1. The van der Waals surface area contributed by atoms with Gasteiger partial charge in [0, 0.05) is 32.6 Å². The zero-order valence-corrected chi connectivity index (χ0v) is 12.2. The quantitative estimate of drug-likeness (QED) is 0.896. The molecule has 2 amide bonds. The maximum absolute atomic E-state index is 12.1. The summed E-state index contributed by atoms with van der Waals surface area (Å²) in [6.07, 6.45) is -3.73. The maximum Gasteiger partial charge on any atom is 0.405 e. The van der Waals surface area contributed by atoms with Crippen molar-refractivity contribution in [3.63, 3.8) is 0 Å². The number of rotatable bonds is 4. The van der Waals surface area contributed by atoms with E-state index in [0.717, 1.165) is 0 Å². The first-order valence-corrected chi connectivity index (χ1v) is 7.00. The minimum Gasteiger partial charge on any atom is -0.339 e. The van der Waals surface area contributed by atoms with Gasteiger partial charge in [0.2, 0.25) is 5.89 Å². The van der Waals surface area contributed by atoms with Crippen LogP contribution in [0, 0.1) is 0 Å². The lowest BCUT2D eigenvalue weighted by molar-refractivity contribution is -0.123. The smallest absolute Gasteiger partial charge is 0.339 e. The fraction of sp³-hybridized carbons (Fsp3) is 0.750. The molecule has 1 saturated heterocycles. The summed E-state index contributed by atoms with van der Waals surface area (Å²) in [5, 5.41) is 5.72. The van der Waals surface area contributed by atoms with Gasteiger partial charge in [-0.25, -0.2) is 4.79 Å². The molecule has 0 unspecified atom stereocenters. The predicted octanol–water partition coefficient (Wildman–Crippen LogP) is 1.02. The van der Waals surface area contributed by atoms with Gasteiger partial charge in [-0.3, -0.25) is 4.90 Å². The van der Waals surface area contributed by atoms with Gasteiger partial charge in [0.15, 0.2) is 5.82 Å². The number of amides is 2. The lowest BCUT2D eigenvalue weighted by atomic mass is 10.3. The van der Waals surface area contributed by atoms with Crippen LogP contribution in [0.2, 0.25) is 0 Å². The number of aromatic nitrogens is 2. The van der Waals surface area contributed by atoms with E-state index < -0.39 is 18.8 Å². The van der Waals surface area contributed by atoms with E-state index >= 15 is 0 Å². The Morgan fingerprint density at radius 3 is 2.55 bits per heavy atom. The average Bonchev–Trinajstić information content (AvgIpc) is 2.92. The van der Waals surface area contributed by atoms with Crippen LogP contribution < -0.4 is 5.32 Å². The van der Waals surface area contributed by atoms with Crippen molar-refractivity contribution < 1.29 is 22.5 Å². The molecule has 1 aromatic heterocycles. The molecule has 0 aromatic carbocycles. The van der Waals surface area contributed by atoms with Crippen molar-refractivity contribution in [1.82, 2.24) is 25.3 Å². The molecule has 2 heterocycles. The molecular weight excluding hydrogens is 303 g/mol. The number of halogens is 3. The Bertz CT molecular complexity index is 497. The topological polar surface area (TPSA) is 74.5 Å². The third-order valence-corrected chi connectivity index (χ3v) is 3.28. The molecule has 7 nitrogen and oxygen atoms in total. The SMILES string of the molecule is CCc1nc(CN2CCN(C(=O)NCC(F)(F)F)CC2)no1. The van der Waals surface area contributed by atoms with Gasteiger partial charge in [-0.05, 0) is 0 Å². The molecule has 0 aliphatic carbocycles. The van der Waals surface area contributed by atoms with Crippen molar-refractivity contribution in [3.8, 4) is 0 Å². The monoisotopic (exact) mass is 321 g/mol. The summed E-state index contributed by atoms with van der Waals surface area (Å²) in [6.45, 7) is 2.93. The molecular formula is C12H18F3N5O2. The molecule has 124 valence electrons. The first kappa shape index (κ1) is 16.5. The summed E-state index contributed by atoms with van der Waals surface area (Å²) in [7, 11) is 0. The Morgan fingerprint density at radius 1 is 1.32 bits per heavy atom. The highest BCUT2D eigenvalue weighted by Gasteiger charge is 2.29. The van der Waals surface area contributed by atoms with Gasteiger partial charge in [-0.2, -0.15) is 18.2 Å². The van der Waals surface area contributed by atoms with Crippen LogP contribution >= 0.6 is 0 Å². The fourth-order valence-corrected chi connectivity index (χ4v) is 2.09. The van der Waals surface area contributed by atoms with E-state index in [1.807, 2.05) is 17.1 Å². The highest BCUT2D eigenvalue weighted by atomic mass is 19.4. The first-order chi connectivity index (χ1) is 10.4. The highest BCUT2D eigenvalue weighted by Crippen LogP contribution is 2.13.